The zero-order chi connectivity index (χ0) is 11.6. The molecule has 2 aliphatic heterocycles. The van der Waals surface area contributed by atoms with Crippen LogP contribution in [0.4, 0.5) is 4.79 Å². The molecule has 2 rings (SSSR count). The third-order valence-electron chi connectivity index (χ3n) is 3.41. The van der Waals surface area contributed by atoms with Crippen molar-refractivity contribution in [2.75, 3.05) is 39.9 Å². The Bertz CT molecular complexity index is 254. The Morgan fingerprint density at radius 1 is 1.31 bits per heavy atom. The van der Waals surface area contributed by atoms with Gasteiger partial charge in [-0.25, -0.2) is 4.79 Å². The van der Waals surface area contributed by atoms with E-state index >= 15 is 0 Å². The minimum Gasteiger partial charge on any atom is -0.347 e. The van der Waals surface area contributed by atoms with Crippen LogP contribution >= 0.6 is 0 Å². The second kappa shape index (κ2) is 4.59. The highest BCUT2D eigenvalue weighted by Gasteiger charge is 2.41. The van der Waals surface area contributed by atoms with Crippen LogP contribution in [0.25, 0.3) is 0 Å². The molecule has 0 radical (unpaired) electrons. The Morgan fingerprint density at radius 2 is 1.88 bits per heavy atom. The molecule has 0 unspecified atom stereocenters. The SMILES string of the molecule is CCN(C)C(=O)N1CCC2(CC1)OCCO2. The number of hydrogen-bond acceptors (Lipinski definition) is 3. The van der Waals surface area contributed by atoms with Crippen LogP contribution in [0.2, 0.25) is 0 Å². The standard InChI is InChI=1S/C11H20N2O3/c1-3-12(2)10(14)13-6-4-11(5-7-13)15-8-9-16-11/h3-9H2,1-2H3. The largest absolute Gasteiger partial charge is 0.347 e. The number of carbonyl (C=O) groups is 1. The van der Waals surface area contributed by atoms with E-state index in [1.54, 1.807) is 4.90 Å². The van der Waals surface area contributed by atoms with E-state index in [0.29, 0.717) is 13.2 Å². The van der Waals surface area contributed by atoms with E-state index in [1.165, 1.54) is 0 Å². The van der Waals surface area contributed by atoms with Gasteiger partial charge in [0, 0.05) is 39.5 Å². The van der Waals surface area contributed by atoms with Gasteiger partial charge in [-0.05, 0) is 6.92 Å². The van der Waals surface area contributed by atoms with Crippen molar-refractivity contribution in [1.29, 1.82) is 0 Å². The fourth-order valence-corrected chi connectivity index (χ4v) is 2.20. The maximum Gasteiger partial charge on any atom is 0.319 e. The highest BCUT2D eigenvalue weighted by Crippen LogP contribution is 2.31. The molecule has 2 fully saturated rings. The Hall–Kier alpha value is -0.810. The van der Waals surface area contributed by atoms with Crippen molar-refractivity contribution >= 4 is 6.03 Å². The molecule has 2 aliphatic rings. The van der Waals surface area contributed by atoms with Crippen LogP contribution in [0, 0.1) is 0 Å². The number of hydrogen-bond donors (Lipinski definition) is 0. The van der Waals surface area contributed by atoms with Crippen molar-refractivity contribution in [2.45, 2.75) is 25.6 Å². The molecule has 5 nitrogen and oxygen atoms in total. The average molecular weight is 228 g/mol. The number of nitrogens with zero attached hydrogens (tertiary/aromatic N) is 2. The van der Waals surface area contributed by atoms with E-state index < -0.39 is 0 Å². The highest BCUT2D eigenvalue weighted by atomic mass is 16.7. The second-order valence-corrected chi connectivity index (χ2v) is 4.39. The van der Waals surface area contributed by atoms with Gasteiger partial charge in [-0.15, -0.1) is 0 Å². The van der Waals surface area contributed by atoms with E-state index in [2.05, 4.69) is 0 Å². The second-order valence-electron chi connectivity index (χ2n) is 4.39. The average Bonchev–Trinajstić information content (AvgIpc) is 2.77. The number of amides is 2. The van der Waals surface area contributed by atoms with Crippen LogP contribution < -0.4 is 0 Å². The summed E-state index contributed by atoms with van der Waals surface area (Å²) in [5.74, 6) is -0.387. The van der Waals surface area contributed by atoms with Crippen LogP contribution in [0.3, 0.4) is 0 Å². The van der Waals surface area contributed by atoms with Gasteiger partial charge in [-0.2, -0.15) is 0 Å². The summed E-state index contributed by atoms with van der Waals surface area (Å²) >= 11 is 0. The van der Waals surface area contributed by atoms with Crippen molar-refractivity contribution in [3.05, 3.63) is 0 Å². The van der Waals surface area contributed by atoms with Crippen molar-refractivity contribution in [3.8, 4) is 0 Å². The summed E-state index contributed by atoms with van der Waals surface area (Å²) in [5, 5.41) is 0. The van der Waals surface area contributed by atoms with Crippen LogP contribution in [-0.2, 0) is 9.47 Å². The number of piperidine rings is 1. The van der Waals surface area contributed by atoms with Crippen molar-refractivity contribution in [3.63, 3.8) is 0 Å². The van der Waals surface area contributed by atoms with Gasteiger partial charge in [0.2, 0.25) is 0 Å². The number of rotatable bonds is 1. The van der Waals surface area contributed by atoms with Crippen LogP contribution in [0.1, 0.15) is 19.8 Å². The monoisotopic (exact) mass is 228 g/mol. The summed E-state index contributed by atoms with van der Waals surface area (Å²) in [7, 11) is 1.83. The molecule has 2 amide bonds. The molecular weight excluding hydrogens is 208 g/mol. The smallest absolute Gasteiger partial charge is 0.319 e. The van der Waals surface area contributed by atoms with E-state index in [1.807, 2.05) is 18.9 Å². The Kier molecular flexibility index (Phi) is 3.35. The summed E-state index contributed by atoms with van der Waals surface area (Å²) in [5.41, 5.74) is 0. The fraction of sp³-hybridized carbons (Fsp3) is 0.909. The number of urea groups is 1. The minimum absolute atomic E-state index is 0.107. The van der Waals surface area contributed by atoms with Crippen LogP contribution in [0.15, 0.2) is 0 Å². The lowest BCUT2D eigenvalue weighted by Gasteiger charge is -2.38. The molecule has 1 spiro atoms. The highest BCUT2D eigenvalue weighted by molar-refractivity contribution is 5.74. The molecule has 2 saturated heterocycles. The molecule has 0 aromatic heterocycles. The van der Waals surface area contributed by atoms with Gasteiger partial charge in [-0.1, -0.05) is 0 Å². The molecule has 2 heterocycles. The van der Waals surface area contributed by atoms with Crippen molar-refractivity contribution in [1.82, 2.24) is 9.80 Å². The topological polar surface area (TPSA) is 42.0 Å². The van der Waals surface area contributed by atoms with E-state index in [-0.39, 0.29) is 11.8 Å². The zero-order valence-corrected chi connectivity index (χ0v) is 10.1. The molecule has 0 N–H and O–H groups in total. The molecule has 0 bridgehead atoms. The van der Waals surface area contributed by atoms with Crippen LogP contribution in [-0.4, -0.2) is 61.5 Å². The molecule has 0 saturated carbocycles. The molecule has 0 aromatic carbocycles. The van der Waals surface area contributed by atoms with Crippen LogP contribution in [0.5, 0.6) is 0 Å². The lowest BCUT2D eigenvalue weighted by Crippen LogP contribution is -2.50. The van der Waals surface area contributed by atoms with Gasteiger partial charge in [0.05, 0.1) is 13.2 Å². The Morgan fingerprint density at radius 3 is 2.38 bits per heavy atom. The quantitative estimate of drug-likeness (QED) is 0.669. The Labute approximate surface area is 96.3 Å². The summed E-state index contributed by atoms with van der Waals surface area (Å²) in [6.07, 6.45) is 1.58. The third-order valence-corrected chi connectivity index (χ3v) is 3.41. The van der Waals surface area contributed by atoms with Gasteiger partial charge in [-0.3, -0.25) is 0 Å². The third kappa shape index (κ3) is 2.15. The van der Waals surface area contributed by atoms with E-state index in [9.17, 15) is 4.79 Å². The first kappa shape index (κ1) is 11.7. The molecule has 0 aromatic rings. The summed E-state index contributed by atoms with van der Waals surface area (Å²) in [6, 6.07) is 0.107. The Balaban J connectivity index is 1.87. The van der Waals surface area contributed by atoms with Gasteiger partial charge < -0.3 is 19.3 Å². The maximum absolute atomic E-state index is 11.9. The predicted octanol–water partition coefficient (Wildman–Crippen LogP) is 0.897. The van der Waals surface area contributed by atoms with Gasteiger partial charge >= 0.3 is 6.03 Å². The van der Waals surface area contributed by atoms with E-state index in [0.717, 1.165) is 32.5 Å². The molecule has 92 valence electrons. The van der Waals surface area contributed by atoms with E-state index in [4.69, 9.17) is 9.47 Å². The number of carbonyl (C=O) groups excluding carboxylic acids is 1. The summed E-state index contributed by atoms with van der Waals surface area (Å²) in [4.78, 5) is 15.5. The maximum atomic E-state index is 11.9. The number of ether oxygens (including phenoxy) is 2. The molecular formula is C11H20N2O3. The molecule has 0 atom stereocenters. The summed E-state index contributed by atoms with van der Waals surface area (Å²) in [6.45, 7) is 5.54. The predicted molar refractivity (Wildman–Crippen MR) is 59.1 cm³/mol. The van der Waals surface area contributed by atoms with Crippen molar-refractivity contribution < 1.29 is 14.3 Å². The molecule has 5 heteroatoms. The lowest BCUT2D eigenvalue weighted by atomic mass is 10.0. The van der Waals surface area contributed by atoms with Gasteiger partial charge in [0.25, 0.3) is 0 Å². The van der Waals surface area contributed by atoms with Gasteiger partial charge in [0.1, 0.15) is 0 Å². The van der Waals surface area contributed by atoms with Gasteiger partial charge in [0.15, 0.2) is 5.79 Å². The summed E-state index contributed by atoms with van der Waals surface area (Å²) < 4.78 is 11.2. The first-order chi connectivity index (χ1) is 7.67. The first-order valence-corrected chi connectivity index (χ1v) is 5.95. The molecule has 0 aliphatic carbocycles. The fourth-order valence-electron chi connectivity index (χ4n) is 2.20. The lowest BCUT2D eigenvalue weighted by molar-refractivity contribution is -0.181. The first-order valence-electron chi connectivity index (χ1n) is 5.95. The number of likely N-dealkylation sites (tertiary alicyclic amines) is 1. The minimum atomic E-state index is -0.387. The normalized spacial score (nSPS) is 23.8. The zero-order valence-electron chi connectivity index (χ0n) is 10.1. The molecule has 16 heavy (non-hydrogen) atoms. The van der Waals surface area contributed by atoms with Crippen molar-refractivity contribution in [2.24, 2.45) is 0 Å².